The molecular weight excluding hydrogens is 346 g/mol. The number of benzene rings is 1. The Morgan fingerprint density at radius 1 is 1.27 bits per heavy atom. The Balaban J connectivity index is 1.65. The zero-order valence-electron chi connectivity index (χ0n) is 15.3. The second-order valence-electron chi connectivity index (χ2n) is 6.79. The van der Waals surface area contributed by atoms with E-state index in [1.807, 2.05) is 16.3 Å². The molecule has 0 saturated carbocycles. The molecule has 0 unspecified atom stereocenters. The number of carbonyl (C=O) groups excluding carboxylic acids is 2. The van der Waals surface area contributed by atoms with Crippen molar-refractivity contribution >= 4 is 28.8 Å². The largest absolute Gasteiger partial charge is 0.336 e. The summed E-state index contributed by atoms with van der Waals surface area (Å²) in [6.45, 7) is 3.83. The van der Waals surface area contributed by atoms with Crippen LogP contribution >= 0.6 is 11.3 Å². The Kier molecular flexibility index (Phi) is 6.06. The molecule has 3 rings (SSSR count). The number of nitrogens with zero attached hydrogens (tertiary/aromatic N) is 2. The summed E-state index contributed by atoms with van der Waals surface area (Å²) in [5.41, 5.74) is 1.90. The van der Waals surface area contributed by atoms with Gasteiger partial charge in [-0.3, -0.25) is 14.5 Å². The molecule has 1 aromatic heterocycles. The maximum atomic E-state index is 13.0. The third kappa shape index (κ3) is 4.51. The van der Waals surface area contributed by atoms with Crippen LogP contribution in [0.5, 0.6) is 0 Å². The van der Waals surface area contributed by atoms with Crippen LogP contribution in [-0.4, -0.2) is 47.8 Å². The number of likely N-dealkylation sites (tertiary alicyclic amines) is 1. The van der Waals surface area contributed by atoms with Crippen molar-refractivity contribution in [1.29, 1.82) is 0 Å². The molecule has 26 heavy (non-hydrogen) atoms. The van der Waals surface area contributed by atoms with Gasteiger partial charge in [0.25, 0.3) is 5.91 Å². The zero-order chi connectivity index (χ0) is 18.5. The van der Waals surface area contributed by atoms with Crippen molar-refractivity contribution in [3.8, 4) is 0 Å². The molecule has 2 heterocycles. The third-order valence-corrected chi connectivity index (χ3v) is 5.65. The number of thiophene rings is 1. The number of nitrogens with one attached hydrogen (secondary N) is 1. The number of carbonyl (C=O) groups is 2. The molecule has 1 saturated heterocycles. The number of piperidine rings is 1. The van der Waals surface area contributed by atoms with Crippen LogP contribution in [0.2, 0.25) is 0 Å². The highest BCUT2D eigenvalue weighted by molar-refractivity contribution is 7.12. The number of amides is 2. The monoisotopic (exact) mass is 371 g/mol. The highest BCUT2D eigenvalue weighted by Crippen LogP contribution is 2.26. The fraction of sp³-hybridized carbons (Fsp3) is 0.400. The minimum absolute atomic E-state index is 0.0153. The highest BCUT2D eigenvalue weighted by Gasteiger charge is 2.28. The first-order valence-electron chi connectivity index (χ1n) is 8.93. The molecule has 5 nitrogen and oxygen atoms in total. The van der Waals surface area contributed by atoms with Crippen molar-refractivity contribution in [2.75, 3.05) is 25.5 Å². The molecule has 0 spiro atoms. The van der Waals surface area contributed by atoms with Gasteiger partial charge in [-0.2, -0.15) is 0 Å². The third-order valence-electron chi connectivity index (χ3n) is 4.75. The van der Waals surface area contributed by atoms with E-state index < -0.39 is 0 Å². The Morgan fingerprint density at radius 2 is 2.04 bits per heavy atom. The van der Waals surface area contributed by atoms with Gasteiger partial charge < -0.3 is 10.2 Å². The Hall–Kier alpha value is -2.18. The molecule has 1 atom stereocenters. The van der Waals surface area contributed by atoms with Crippen LogP contribution in [-0.2, 0) is 11.3 Å². The summed E-state index contributed by atoms with van der Waals surface area (Å²) in [5, 5.41) is 4.60. The lowest BCUT2D eigenvalue weighted by molar-refractivity contribution is -0.114. The first-order valence-corrected chi connectivity index (χ1v) is 9.81. The maximum absolute atomic E-state index is 13.0. The van der Waals surface area contributed by atoms with Gasteiger partial charge in [-0.25, -0.2) is 0 Å². The van der Waals surface area contributed by atoms with Crippen molar-refractivity contribution in [2.24, 2.45) is 0 Å². The minimum Gasteiger partial charge on any atom is -0.336 e. The maximum Gasteiger partial charge on any atom is 0.266 e. The number of likely N-dealkylation sites (N-methyl/N-ethyl adjacent to an activating group) is 1. The molecule has 1 aromatic carbocycles. The van der Waals surface area contributed by atoms with E-state index in [1.165, 1.54) is 23.8 Å². The van der Waals surface area contributed by atoms with Gasteiger partial charge in [-0.05, 0) is 36.9 Å². The van der Waals surface area contributed by atoms with Crippen LogP contribution in [0.15, 0.2) is 41.8 Å². The van der Waals surface area contributed by atoms with E-state index in [4.69, 9.17) is 0 Å². The summed E-state index contributed by atoms with van der Waals surface area (Å²) in [6, 6.07) is 12.5. The van der Waals surface area contributed by atoms with Gasteiger partial charge in [0.2, 0.25) is 5.91 Å². The first kappa shape index (κ1) is 18.6. The Morgan fingerprint density at radius 3 is 2.77 bits per heavy atom. The lowest BCUT2D eigenvalue weighted by atomic mass is 10.0. The van der Waals surface area contributed by atoms with Crippen molar-refractivity contribution in [3.63, 3.8) is 0 Å². The van der Waals surface area contributed by atoms with E-state index in [0.29, 0.717) is 16.6 Å². The van der Waals surface area contributed by atoms with Crippen LogP contribution in [0.1, 0.15) is 35.0 Å². The predicted molar refractivity (Wildman–Crippen MR) is 105 cm³/mol. The van der Waals surface area contributed by atoms with E-state index in [1.54, 1.807) is 6.07 Å². The molecule has 0 aliphatic carbocycles. The molecule has 138 valence electrons. The van der Waals surface area contributed by atoms with Crippen LogP contribution < -0.4 is 5.32 Å². The normalized spacial score (nSPS) is 17.3. The van der Waals surface area contributed by atoms with Crippen molar-refractivity contribution in [2.45, 2.75) is 32.4 Å². The van der Waals surface area contributed by atoms with E-state index in [9.17, 15) is 9.59 Å². The quantitative estimate of drug-likeness (QED) is 0.876. The molecule has 0 bridgehead atoms. The van der Waals surface area contributed by atoms with Crippen molar-refractivity contribution in [3.05, 3.63) is 52.2 Å². The van der Waals surface area contributed by atoms with Gasteiger partial charge in [0.05, 0.1) is 5.69 Å². The molecule has 2 amide bonds. The van der Waals surface area contributed by atoms with E-state index in [2.05, 4.69) is 41.5 Å². The van der Waals surface area contributed by atoms with Crippen LogP contribution in [0, 0.1) is 0 Å². The fourth-order valence-electron chi connectivity index (χ4n) is 3.41. The topological polar surface area (TPSA) is 52.7 Å². The SMILES string of the molecule is CC(=O)Nc1ccsc1C(=O)N1CCC[C@@H](N(C)Cc2ccccc2)C1. The lowest BCUT2D eigenvalue weighted by Gasteiger charge is -2.37. The average molecular weight is 372 g/mol. The molecule has 2 aromatic rings. The summed E-state index contributed by atoms with van der Waals surface area (Å²) in [6.07, 6.45) is 2.09. The lowest BCUT2D eigenvalue weighted by Crippen LogP contribution is -2.48. The first-order chi connectivity index (χ1) is 12.5. The minimum atomic E-state index is -0.156. The molecule has 1 N–H and O–H groups in total. The summed E-state index contributed by atoms with van der Waals surface area (Å²) in [5.74, 6) is -0.141. The number of hydrogen-bond donors (Lipinski definition) is 1. The van der Waals surface area contributed by atoms with Gasteiger partial charge >= 0.3 is 0 Å². The van der Waals surface area contributed by atoms with Crippen molar-refractivity contribution < 1.29 is 9.59 Å². The standard InChI is InChI=1S/C20H25N3O2S/c1-15(24)21-18-10-12-26-19(18)20(25)23-11-6-9-17(14-23)22(2)13-16-7-4-3-5-8-16/h3-5,7-8,10,12,17H,6,9,11,13-14H2,1-2H3,(H,21,24)/t17-/m1/s1. The molecule has 1 aliphatic heterocycles. The van der Waals surface area contributed by atoms with Gasteiger partial charge in [-0.15, -0.1) is 11.3 Å². The smallest absolute Gasteiger partial charge is 0.266 e. The van der Waals surface area contributed by atoms with Gasteiger partial charge in [0.1, 0.15) is 4.88 Å². The summed E-state index contributed by atoms with van der Waals surface area (Å²) < 4.78 is 0. The van der Waals surface area contributed by atoms with E-state index >= 15 is 0 Å². The Labute approximate surface area is 158 Å². The molecule has 1 fully saturated rings. The van der Waals surface area contributed by atoms with Gasteiger partial charge in [0.15, 0.2) is 0 Å². The van der Waals surface area contributed by atoms with Crippen molar-refractivity contribution in [1.82, 2.24) is 9.80 Å². The van der Waals surface area contributed by atoms with Gasteiger partial charge in [0, 0.05) is 32.6 Å². The number of anilines is 1. The zero-order valence-corrected chi connectivity index (χ0v) is 16.1. The summed E-state index contributed by atoms with van der Waals surface area (Å²) in [4.78, 5) is 29.2. The number of hydrogen-bond acceptors (Lipinski definition) is 4. The van der Waals surface area contributed by atoms with E-state index in [-0.39, 0.29) is 11.8 Å². The average Bonchev–Trinajstić information content (AvgIpc) is 3.09. The van der Waals surface area contributed by atoms with Crippen LogP contribution in [0.25, 0.3) is 0 Å². The van der Waals surface area contributed by atoms with Crippen LogP contribution in [0.4, 0.5) is 5.69 Å². The Bertz CT molecular complexity index is 759. The van der Waals surface area contributed by atoms with Crippen LogP contribution in [0.3, 0.4) is 0 Å². The fourth-order valence-corrected chi connectivity index (χ4v) is 4.22. The molecule has 0 radical (unpaired) electrons. The molecule has 1 aliphatic rings. The van der Waals surface area contributed by atoms with Gasteiger partial charge in [-0.1, -0.05) is 30.3 Å². The molecular formula is C20H25N3O2S. The second-order valence-corrected chi connectivity index (χ2v) is 7.71. The number of rotatable bonds is 5. The summed E-state index contributed by atoms with van der Waals surface area (Å²) in [7, 11) is 2.12. The summed E-state index contributed by atoms with van der Waals surface area (Å²) >= 11 is 1.39. The van der Waals surface area contributed by atoms with E-state index in [0.717, 1.165) is 32.5 Å². The second kappa shape index (κ2) is 8.47. The molecule has 6 heteroatoms. The predicted octanol–water partition coefficient (Wildman–Crippen LogP) is 3.44. The highest BCUT2D eigenvalue weighted by atomic mass is 32.1.